The molecule has 1 aliphatic rings. The van der Waals surface area contributed by atoms with E-state index >= 15 is 0 Å². The lowest BCUT2D eigenvalue weighted by Gasteiger charge is -2.22. The number of benzene rings is 1. The van der Waals surface area contributed by atoms with E-state index in [4.69, 9.17) is 9.47 Å². The third kappa shape index (κ3) is 3.91. The van der Waals surface area contributed by atoms with Crippen LogP contribution in [0.15, 0.2) is 24.3 Å². The molecule has 0 heterocycles. The smallest absolute Gasteiger partial charge is 0.161 e. The number of methoxy groups -OCH3 is 1. The van der Waals surface area contributed by atoms with Gasteiger partial charge in [-0.2, -0.15) is 0 Å². The molecule has 0 atom stereocenters. The standard InChI is InChI=1S/C15H23NO2/c1-17-14-9-5-6-10-15(14)18-12-11-16-13-7-3-2-4-8-13/h5-6,9-10,13,16H,2-4,7-8,11-12H2,1H3. The van der Waals surface area contributed by atoms with Crippen molar-refractivity contribution in [2.45, 2.75) is 38.1 Å². The highest BCUT2D eigenvalue weighted by Gasteiger charge is 2.12. The van der Waals surface area contributed by atoms with E-state index in [1.165, 1.54) is 32.1 Å². The number of rotatable bonds is 6. The lowest BCUT2D eigenvalue weighted by atomic mass is 9.96. The highest BCUT2D eigenvalue weighted by molar-refractivity contribution is 5.39. The molecular formula is C15H23NO2. The van der Waals surface area contributed by atoms with Crippen molar-refractivity contribution in [1.82, 2.24) is 5.32 Å². The molecule has 3 nitrogen and oxygen atoms in total. The van der Waals surface area contributed by atoms with Crippen molar-refractivity contribution >= 4 is 0 Å². The Hall–Kier alpha value is -1.22. The molecule has 0 radical (unpaired) electrons. The van der Waals surface area contributed by atoms with Crippen LogP contribution in [0.5, 0.6) is 11.5 Å². The Balaban J connectivity index is 1.68. The first-order chi connectivity index (χ1) is 8.90. The predicted octanol–water partition coefficient (Wildman–Crippen LogP) is 3.00. The van der Waals surface area contributed by atoms with Crippen LogP contribution in [-0.4, -0.2) is 26.3 Å². The molecule has 1 saturated carbocycles. The molecule has 1 aliphatic carbocycles. The molecule has 0 bridgehead atoms. The highest BCUT2D eigenvalue weighted by Crippen LogP contribution is 2.25. The molecular weight excluding hydrogens is 226 g/mol. The zero-order valence-electron chi connectivity index (χ0n) is 11.2. The largest absolute Gasteiger partial charge is 0.493 e. The topological polar surface area (TPSA) is 30.5 Å². The van der Waals surface area contributed by atoms with E-state index in [0.717, 1.165) is 18.0 Å². The second kappa shape index (κ2) is 7.27. The van der Waals surface area contributed by atoms with E-state index in [1.807, 2.05) is 24.3 Å². The first kappa shape index (κ1) is 13.2. The normalized spacial score (nSPS) is 16.5. The summed E-state index contributed by atoms with van der Waals surface area (Å²) in [6.45, 7) is 1.60. The average Bonchev–Trinajstić information content (AvgIpc) is 2.45. The van der Waals surface area contributed by atoms with Gasteiger partial charge < -0.3 is 14.8 Å². The van der Waals surface area contributed by atoms with Crippen LogP contribution in [-0.2, 0) is 0 Å². The second-order valence-corrected chi connectivity index (χ2v) is 4.79. The lowest BCUT2D eigenvalue weighted by molar-refractivity contribution is 0.275. The van der Waals surface area contributed by atoms with E-state index in [2.05, 4.69) is 5.32 Å². The maximum absolute atomic E-state index is 5.73. The maximum atomic E-state index is 5.73. The van der Waals surface area contributed by atoms with Crippen molar-refractivity contribution < 1.29 is 9.47 Å². The molecule has 3 heteroatoms. The Morgan fingerprint density at radius 2 is 1.83 bits per heavy atom. The van der Waals surface area contributed by atoms with Gasteiger partial charge in [-0.15, -0.1) is 0 Å². The predicted molar refractivity (Wildman–Crippen MR) is 73.4 cm³/mol. The maximum Gasteiger partial charge on any atom is 0.161 e. The summed E-state index contributed by atoms with van der Waals surface area (Å²) in [6.07, 6.45) is 6.76. The van der Waals surface area contributed by atoms with Crippen LogP contribution in [0.4, 0.5) is 0 Å². The van der Waals surface area contributed by atoms with Crippen molar-refractivity contribution in [3.05, 3.63) is 24.3 Å². The molecule has 0 unspecified atom stereocenters. The minimum Gasteiger partial charge on any atom is -0.493 e. The van der Waals surface area contributed by atoms with E-state index in [0.29, 0.717) is 12.6 Å². The number of hydrogen-bond donors (Lipinski definition) is 1. The summed E-state index contributed by atoms with van der Waals surface area (Å²) >= 11 is 0. The monoisotopic (exact) mass is 249 g/mol. The van der Waals surface area contributed by atoms with Crippen LogP contribution >= 0.6 is 0 Å². The zero-order valence-corrected chi connectivity index (χ0v) is 11.2. The van der Waals surface area contributed by atoms with Crippen LogP contribution in [0.25, 0.3) is 0 Å². The Kier molecular flexibility index (Phi) is 5.34. The van der Waals surface area contributed by atoms with Gasteiger partial charge in [0.2, 0.25) is 0 Å². The van der Waals surface area contributed by atoms with Crippen LogP contribution < -0.4 is 14.8 Å². The Morgan fingerprint density at radius 1 is 1.11 bits per heavy atom. The van der Waals surface area contributed by atoms with Crippen molar-refractivity contribution in [3.8, 4) is 11.5 Å². The minimum absolute atomic E-state index is 0.691. The van der Waals surface area contributed by atoms with Crippen molar-refractivity contribution in [2.24, 2.45) is 0 Å². The molecule has 0 spiro atoms. The first-order valence-corrected chi connectivity index (χ1v) is 6.89. The van der Waals surface area contributed by atoms with Gasteiger partial charge >= 0.3 is 0 Å². The number of para-hydroxylation sites is 2. The van der Waals surface area contributed by atoms with Gasteiger partial charge in [0.25, 0.3) is 0 Å². The van der Waals surface area contributed by atoms with Gasteiger partial charge in [0.15, 0.2) is 11.5 Å². The fraction of sp³-hybridized carbons (Fsp3) is 0.600. The summed E-state index contributed by atoms with van der Waals surface area (Å²) in [5.41, 5.74) is 0. The van der Waals surface area contributed by atoms with Gasteiger partial charge in [-0.25, -0.2) is 0 Å². The van der Waals surface area contributed by atoms with Crippen LogP contribution in [0.3, 0.4) is 0 Å². The SMILES string of the molecule is COc1ccccc1OCCNC1CCCCC1. The molecule has 100 valence electrons. The molecule has 1 fully saturated rings. The van der Waals surface area contributed by atoms with Crippen LogP contribution in [0.1, 0.15) is 32.1 Å². The number of hydrogen-bond acceptors (Lipinski definition) is 3. The van der Waals surface area contributed by atoms with E-state index in [-0.39, 0.29) is 0 Å². The van der Waals surface area contributed by atoms with Gasteiger partial charge in [-0.1, -0.05) is 31.4 Å². The molecule has 2 rings (SSSR count). The molecule has 0 amide bonds. The molecule has 1 N–H and O–H groups in total. The summed E-state index contributed by atoms with van der Waals surface area (Å²) < 4.78 is 11.0. The van der Waals surface area contributed by atoms with Gasteiger partial charge in [-0.05, 0) is 25.0 Å². The Morgan fingerprint density at radius 3 is 2.56 bits per heavy atom. The molecule has 0 aliphatic heterocycles. The highest BCUT2D eigenvalue weighted by atomic mass is 16.5. The van der Waals surface area contributed by atoms with Gasteiger partial charge in [0, 0.05) is 12.6 Å². The van der Waals surface area contributed by atoms with Crippen LogP contribution in [0, 0.1) is 0 Å². The molecule has 1 aromatic rings. The van der Waals surface area contributed by atoms with Crippen molar-refractivity contribution in [3.63, 3.8) is 0 Å². The molecule has 0 saturated heterocycles. The first-order valence-electron chi connectivity index (χ1n) is 6.89. The quantitative estimate of drug-likeness (QED) is 0.786. The summed E-state index contributed by atoms with van der Waals surface area (Å²) in [4.78, 5) is 0. The average molecular weight is 249 g/mol. The molecule has 0 aromatic heterocycles. The fourth-order valence-electron chi connectivity index (χ4n) is 2.47. The van der Waals surface area contributed by atoms with Crippen LogP contribution in [0.2, 0.25) is 0 Å². The van der Waals surface area contributed by atoms with Crippen molar-refractivity contribution in [1.29, 1.82) is 0 Å². The Bertz CT molecular complexity index is 348. The van der Waals surface area contributed by atoms with E-state index in [9.17, 15) is 0 Å². The van der Waals surface area contributed by atoms with E-state index in [1.54, 1.807) is 7.11 Å². The number of ether oxygens (including phenoxy) is 2. The molecule has 18 heavy (non-hydrogen) atoms. The summed E-state index contributed by atoms with van der Waals surface area (Å²) in [5, 5.41) is 3.56. The zero-order chi connectivity index (χ0) is 12.6. The van der Waals surface area contributed by atoms with E-state index < -0.39 is 0 Å². The Labute approximate surface area is 109 Å². The molecule has 1 aromatic carbocycles. The van der Waals surface area contributed by atoms with Crippen molar-refractivity contribution in [2.75, 3.05) is 20.3 Å². The second-order valence-electron chi connectivity index (χ2n) is 4.79. The summed E-state index contributed by atoms with van der Waals surface area (Å²) in [5.74, 6) is 1.63. The van der Waals surface area contributed by atoms with Gasteiger partial charge in [0.05, 0.1) is 7.11 Å². The van der Waals surface area contributed by atoms with Gasteiger partial charge in [-0.3, -0.25) is 0 Å². The fourth-order valence-corrected chi connectivity index (χ4v) is 2.47. The summed E-state index contributed by atoms with van der Waals surface area (Å²) in [6, 6.07) is 8.47. The number of nitrogens with one attached hydrogen (secondary N) is 1. The summed E-state index contributed by atoms with van der Waals surface area (Å²) in [7, 11) is 1.67. The minimum atomic E-state index is 0.691. The third-order valence-corrected chi connectivity index (χ3v) is 3.47. The lowest BCUT2D eigenvalue weighted by Crippen LogP contribution is -2.34. The third-order valence-electron chi connectivity index (χ3n) is 3.47. The van der Waals surface area contributed by atoms with Gasteiger partial charge in [0.1, 0.15) is 6.61 Å².